The zero-order chi connectivity index (χ0) is 16.5. The predicted octanol–water partition coefficient (Wildman–Crippen LogP) is 4.14. The maximum Gasteiger partial charge on any atom is 0.190 e. The van der Waals surface area contributed by atoms with Crippen molar-refractivity contribution in [3.63, 3.8) is 0 Å². The summed E-state index contributed by atoms with van der Waals surface area (Å²) in [5, 5.41) is 6.45. The summed E-state index contributed by atoms with van der Waals surface area (Å²) in [7, 11) is 1.73. The molecule has 2 aromatic rings. The van der Waals surface area contributed by atoms with Gasteiger partial charge in [-0.1, -0.05) is 22.0 Å². The average molecular weight is 510 g/mol. The van der Waals surface area contributed by atoms with Crippen LogP contribution in [0.1, 0.15) is 17.7 Å². The quantitative estimate of drug-likeness (QED) is 0.255. The summed E-state index contributed by atoms with van der Waals surface area (Å²) >= 11 is 3.26. The van der Waals surface area contributed by atoms with Crippen molar-refractivity contribution in [2.24, 2.45) is 4.99 Å². The average Bonchev–Trinajstić information content (AvgIpc) is 3.04. The standard InChI is InChI=1S/C17H21BrFN3O.HI/c1-20-17(22-10-8-15-5-3-11-23-15)21-9-2-4-13-6-7-14(18)12-16(13)19;/h3,5-7,11-12H,2,4,8-10H2,1H3,(H2,20,21,22);1H. The van der Waals surface area contributed by atoms with Crippen molar-refractivity contribution in [2.75, 3.05) is 20.1 Å². The van der Waals surface area contributed by atoms with Crippen LogP contribution in [0.5, 0.6) is 0 Å². The summed E-state index contributed by atoms with van der Waals surface area (Å²) < 4.78 is 19.7. The van der Waals surface area contributed by atoms with Gasteiger partial charge in [0, 0.05) is 31.0 Å². The van der Waals surface area contributed by atoms with E-state index in [0.29, 0.717) is 6.42 Å². The number of nitrogens with zero attached hydrogens (tertiary/aromatic N) is 1. The van der Waals surface area contributed by atoms with Crippen LogP contribution in [0.4, 0.5) is 4.39 Å². The number of hydrogen-bond acceptors (Lipinski definition) is 2. The number of nitrogens with one attached hydrogen (secondary N) is 2. The fourth-order valence-electron chi connectivity index (χ4n) is 2.19. The second kappa shape index (κ2) is 11.5. The summed E-state index contributed by atoms with van der Waals surface area (Å²) in [4.78, 5) is 4.16. The molecule has 0 bridgehead atoms. The van der Waals surface area contributed by atoms with Crippen LogP contribution in [-0.4, -0.2) is 26.1 Å². The van der Waals surface area contributed by atoms with E-state index >= 15 is 0 Å². The lowest BCUT2D eigenvalue weighted by atomic mass is 10.1. The third-order valence-electron chi connectivity index (χ3n) is 3.40. The lowest BCUT2D eigenvalue weighted by Gasteiger charge is -2.11. The lowest BCUT2D eigenvalue weighted by molar-refractivity contribution is 0.506. The molecule has 4 nitrogen and oxygen atoms in total. The minimum atomic E-state index is -0.166. The van der Waals surface area contributed by atoms with Crippen LogP contribution in [0.25, 0.3) is 0 Å². The van der Waals surface area contributed by atoms with Crippen molar-refractivity contribution in [1.82, 2.24) is 10.6 Å². The van der Waals surface area contributed by atoms with Crippen molar-refractivity contribution >= 4 is 45.9 Å². The van der Waals surface area contributed by atoms with Gasteiger partial charge < -0.3 is 15.1 Å². The van der Waals surface area contributed by atoms with Gasteiger partial charge in [-0.05, 0) is 42.7 Å². The molecule has 1 aromatic carbocycles. The number of rotatable bonds is 7. The van der Waals surface area contributed by atoms with Crippen LogP contribution in [0.2, 0.25) is 0 Å². The van der Waals surface area contributed by atoms with E-state index in [1.54, 1.807) is 13.3 Å². The van der Waals surface area contributed by atoms with E-state index in [2.05, 4.69) is 31.6 Å². The van der Waals surface area contributed by atoms with E-state index in [-0.39, 0.29) is 29.8 Å². The third kappa shape index (κ3) is 7.21. The Hall–Kier alpha value is -1.09. The Morgan fingerprint density at radius 1 is 1.21 bits per heavy atom. The zero-order valence-electron chi connectivity index (χ0n) is 13.5. The van der Waals surface area contributed by atoms with Crippen molar-refractivity contribution in [1.29, 1.82) is 0 Å². The first-order valence-corrected chi connectivity index (χ1v) is 8.39. The van der Waals surface area contributed by atoms with Crippen LogP contribution >= 0.6 is 39.9 Å². The van der Waals surface area contributed by atoms with Crippen LogP contribution in [0.3, 0.4) is 0 Å². The van der Waals surface area contributed by atoms with E-state index < -0.39 is 0 Å². The molecule has 0 saturated carbocycles. The van der Waals surface area contributed by atoms with E-state index in [9.17, 15) is 4.39 Å². The summed E-state index contributed by atoms with van der Waals surface area (Å²) in [5.41, 5.74) is 0.732. The molecule has 0 spiro atoms. The molecule has 0 unspecified atom stereocenters. The third-order valence-corrected chi connectivity index (χ3v) is 3.89. The number of hydrogen-bond donors (Lipinski definition) is 2. The second-order valence-corrected chi connectivity index (χ2v) is 6.01. The SMILES string of the molecule is CN=C(NCCCc1ccc(Br)cc1F)NCCc1ccco1.I. The van der Waals surface area contributed by atoms with Crippen molar-refractivity contribution in [3.8, 4) is 0 Å². The molecule has 0 saturated heterocycles. The Labute approximate surface area is 167 Å². The maximum atomic E-state index is 13.7. The molecule has 0 amide bonds. The highest BCUT2D eigenvalue weighted by Crippen LogP contribution is 2.16. The first-order chi connectivity index (χ1) is 11.2. The van der Waals surface area contributed by atoms with Gasteiger partial charge >= 0.3 is 0 Å². The Morgan fingerprint density at radius 2 is 2.00 bits per heavy atom. The van der Waals surface area contributed by atoms with Crippen LogP contribution in [0.15, 0.2) is 50.5 Å². The van der Waals surface area contributed by atoms with Gasteiger partial charge in [0.05, 0.1) is 6.26 Å². The van der Waals surface area contributed by atoms with Crippen molar-refractivity contribution < 1.29 is 8.81 Å². The molecule has 1 aromatic heterocycles. The second-order valence-electron chi connectivity index (χ2n) is 5.09. The molecule has 24 heavy (non-hydrogen) atoms. The fourth-order valence-corrected chi connectivity index (χ4v) is 2.52. The highest BCUT2D eigenvalue weighted by Gasteiger charge is 2.03. The molecule has 132 valence electrons. The molecule has 2 rings (SSSR count). The monoisotopic (exact) mass is 509 g/mol. The molecule has 2 N–H and O–H groups in total. The van der Waals surface area contributed by atoms with Crippen LogP contribution in [-0.2, 0) is 12.8 Å². The number of halogens is 3. The molecule has 0 aliphatic heterocycles. The number of benzene rings is 1. The van der Waals surface area contributed by atoms with Gasteiger partial charge in [0.1, 0.15) is 11.6 Å². The highest BCUT2D eigenvalue weighted by atomic mass is 127. The Kier molecular flexibility index (Phi) is 10.0. The van der Waals surface area contributed by atoms with E-state index in [1.807, 2.05) is 24.3 Å². The Balaban J connectivity index is 0.00000288. The lowest BCUT2D eigenvalue weighted by Crippen LogP contribution is -2.38. The minimum Gasteiger partial charge on any atom is -0.469 e. The topological polar surface area (TPSA) is 49.6 Å². The number of guanidine groups is 1. The van der Waals surface area contributed by atoms with Gasteiger partial charge in [0.25, 0.3) is 0 Å². The molecule has 7 heteroatoms. The first kappa shape index (κ1) is 21.0. The summed E-state index contributed by atoms with van der Waals surface area (Å²) in [6.45, 7) is 1.48. The summed E-state index contributed by atoms with van der Waals surface area (Å²) in [6.07, 6.45) is 3.99. The summed E-state index contributed by atoms with van der Waals surface area (Å²) in [6, 6.07) is 9.00. The molecule has 1 heterocycles. The zero-order valence-corrected chi connectivity index (χ0v) is 17.4. The van der Waals surface area contributed by atoms with E-state index in [1.165, 1.54) is 6.07 Å². The highest BCUT2D eigenvalue weighted by molar-refractivity contribution is 14.0. The van der Waals surface area contributed by atoms with Crippen molar-refractivity contribution in [3.05, 3.63) is 58.2 Å². The molecule has 0 fully saturated rings. The normalized spacial score (nSPS) is 11.0. The molecular weight excluding hydrogens is 488 g/mol. The number of aryl methyl sites for hydroxylation is 1. The molecule has 0 atom stereocenters. The van der Waals surface area contributed by atoms with Gasteiger partial charge in [-0.15, -0.1) is 24.0 Å². The fraction of sp³-hybridized carbons (Fsp3) is 0.353. The predicted molar refractivity (Wildman–Crippen MR) is 110 cm³/mol. The smallest absolute Gasteiger partial charge is 0.190 e. The van der Waals surface area contributed by atoms with Gasteiger partial charge in [-0.3, -0.25) is 4.99 Å². The number of furan rings is 1. The summed E-state index contributed by atoms with van der Waals surface area (Å²) in [5.74, 6) is 1.52. The van der Waals surface area contributed by atoms with Gasteiger partial charge in [0.15, 0.2) is 5.96 Å². The minimum absolute atomic E-state index is 0. The van der Waals surface area contributed by atoms with Gasteiger partial charge in [-0.25, -0.2) is 4.39 Å². The maximum absolute atomic E-state index is 13.7. The van der Waals surface area contributed by atoms with Crippen LogP contribution in [0, 0.1) is 5.82 Å². The largest absolute Gasteiger partial charge is 0.469 e. The first-order valence-electron chi connectivity index (χ1n) is 7.60. The van der Waals surface area contributed by atoms with Gasteiger partial charge in [0.2, 0.25) is 0 Å². The molecular formula is C17H22BrFIN3O. The van der Waals surface area contributed by atoms with Crippen LogP contribution < -0.4 is 10.6 Å². The van der Waals surface area contributed by atoms with E-state index in [4.69, 9.17) is 4.42 Å². The van der Waals surface area contributed by atoms with Gasteiger partial charge in [-0.2, -0.15) is 0 Å². The number of aliphatic imine (C=N–C) groups is 1. The molecule has 0 aliphatic carbocycles. The van der Waals surface area contributed by atoms with Crippen molar-refractivity contribution in [2.45, 2.75) is 19.3 Å². The Morgan fingerprint density at radius 3 is 2.67 bits per heavy atom. The van der Waals surface area contributed by atoms with E-state index in [0.717, 1.165) is 47.7 Å². The Bertz CT molecular complexity index is 635. The molecule has 0 aliphatic rings. The molecule has 0 radical (unpaired) electrons.